The molecule has 4 rings (SSSR count). The van der Waals surface area contributed by atoms with Crippen LogP contribution in [0.5, 0.6) is 0 Å². The van der Waals surface area contributed by atoms with E-state index in [-0.39, 0.29) is 0 Å². The molecule has 3 aromatic rings. The van der Waals surface area contributed by atoms with Crippen molar-refractivity contribution in [2.45, 2.75) is 0 Å². The molecule has 0 unspecified atom stereocenters. The van der Waals surface area contributed by atoms with Crippen molar-refractivity contribution >= 4 is 16.7 Å². The zero-order chi connectivity index (χ0) is 14.2. The maximum Gasteiger partial charge on any atom is 0.174 e. The molecule has 108 valence electrons. The molecular formula is C16H18N4O. The third-order valence-electron chi connectivity index (χ3n) is 4.09. The molecule has 0 atom stereocenters. The van der Waals surface area contributed by atoms with Gasteiger partial charge in [0.2, 0.25) is 0 Å². The number of anilines is 1. The highest BCUT2D eigenvalue weighted by Gasteiger charge is 2.15. The molecule has 0 aliphatic carbocycles. The Balaban J connectivity index is 1.66. The molecule has 1 fully saturated rings. The number of likely N-dealkylation sites (N-methyl/N-ethyl adjacent to an activating group) is 1. The Morgan fingerprint density at radius 3 is 2.76 bits per heavy atom. The van der Waals surface area contributed by atoms with E-state index in [0.717, 1.165) is 48.8 Å². The standard InChI is InChI=1S/C16H18N4O/c1-19-6-8-20(9-7-19)12-4-5-13-14(11-12)18-16(17-13)15-3-2-10-21-15/h2-5,10-11H,6-9H2,1H3,(H,17,18). The highest BCUT2D eigenvalue weighted by molar-refractivity contribution is 5.82. The fourth-order valence-electron chi connectivity index (χ4n) is 2.79. The van der Waals surface area contributed by atoms with Crippen LogP contribution >= 0.6 is 0 Å². The number of benzene rings is 1. The number of hydrogen-bond donors (Lipinski definition) is 1. The summed E-state index contributed by atoms with van der Waals surface area (Å²) in [4.78, 5) is 12.7. The van der Waals surface area contributed by atoms with E-state index in [1.54, 1.807) is 6.26 Å². The number of nitrogens with zero attached hydrogens (tertiary/aromatic N) is 3. The summed E-state index contributed by atoms with van der Waals surface area (Å²) in [5, 5.41) is 0. The Morgan fingerprint density at radius 1 is 1.14 bits per heavy atom. The number of rotatable bonds is 2. The van der Waals surface area contributed by atoms with Gasteiger partial charge in [0.15, 0.2) is 11.6 Å². The quantitative estimate of drug-likeness (QED) is 0.785. The minimum absolute atomic E-state index is 0.771. The van der Waals surface area contributed by atoms with E-state index < -0.39 is 0 Å². The SMILES string of the molecule is CN1CCN(c2ccc3nc(-c4ccco4)[nH]c3c2)CC1. The minimum Gasteiger partial charge on any atom is -0.461 e. The van der Waals surface area contributed by atoms with E-state index in [4.69, 9.17) is 4.42 Å². The summed E-state index contributed by atoms with van der Waals surface area (Å²) in [6, 6.07) is 10.2. The fourth-order valence-corrected chi connectivity index (χ4v) is 2.79. The van der Waals surface area contributed by atoms with Gasteiger partial charge in [0.1, 0.15) is 0 Å². The molecule has 0 bridgehead atoms. The molecule has 0 saturated carbocycles. The monoisotopic (exact) mass is 282 g/mol. The van der Waals surface area contributed by atoms with Gasteiger partial charge in [0.25, 0.3) is 0 Å². The molecule has 21 heavy (non-hydrogen) atoms. The van der Waals surface area contributed by atoms with Crippen molar-refractivity contribution in [1.29, 1.82) is 0 Å². The molecule has 0 radical (unpaired) electrons. The summed E-state index contributed by atoms with van der Waals surface area (Å²) in [6.45, 7) is 4.36. The lowest BCUT2D eigenvalue weighted by atomic mass is 10.2. The molecule has 1 saturated heterocycles. The minimum atomic E-state index is 0.771. The molecule has 1 aliphatic rings. The molecule has 0 spiro atoms. The van der Waals surface area contributed by atoms with Gasteiger partial charge >= 0.3 is 0 Å². The first kappa shape index (κ1) is 12.5. The van der Waals surface area contributed by atoms with Crippen molar-refractivity contribution in [3.05, 3.63) is 36.6 Å². The Labute approximate surface area is 123 Å². The lowest BCUT2D eigenvalue weighted by molar-refractivity contribution is 0.313. The van der Waals surface area contributed by atoms with Crippen molar-refractivity contribution < 1.29 is 4.42 Å². The molecular weight excluding hydrogens is 264 g/mol. The summed E-state index contributed by atoms with van der Waals surface area (Å²) < 4.78 is 5.40. The molecule has 3 heterocycles. The smallest absolute Gasteiger partial charge is 0.174 e. The summed E-state index contributed by atoms with van der Waals surface area (Å²) in [6.07, 6.45) is 1.66. The van der Waals surface area contributed by atoms with E-state index in [2.05, 4.69) is 45.0 Å². The van der Waals surface area contributed by atoms with Crippen molar-refractivity contribution in [2.24, 2.45) is 0 Å². The van der Waals surface area contributed by atoms with Gasteiger partial charge in [0, 0.05) is 31.9 Å². The molecule has 1 aromatic carbocycles. The average molecular weight is 282 g/mol. The van der Waals surface area contributed by atoms with Crippen molar-refractivity contribution in [2.75, 3.05) is 38.1 Å². The van der Waals surface area contributed by atoms with Gasteiger partial charge in [0.05, 0.1) is 17.3 Å². The van der Waals surface area contributed by atoms with Gasteiger partial charge in [-0.15, -0.1) is 0 Å². The summed E-state index contributed by atoms with van der Waals surface area (Å²) in [5.41, 5.74) is 3.28. The van der Waals surface area contributed by atoms with Crippen LogP contribution in [0.15, 0.2) is 41.0 Å². The first-order valence-corrected chi connectivity index (χ1v) is 7.27. The summed E-state index contributed by atoms with van der Waals surface area (Å²) >= 11 is 0. The third kappa shape index (κ3) is 2.29. The number of fused-ring (bicyclic) bond motifs is 1. The van der Waals surface area contributed by atoms with Crippen LogP contribution in [-0.2, 0) is 0 Å². The van der Waals surface area contributed by atoms with Crippen LogP contribution < -0.4 is 4.90 Å². The molecule has 5 nitrogen and oxygen atoms in total. The predicted octanol–water partition coefficient (Wildman–Crippen LogP) is 2.57. The number of hydrogen-bond acceptors (Lipinski definition) is 4. The van der Waals surface area contributed by atoms with Crippen LogP contribution in [0.4, 0.5) is 5.69 Å². The van der Waals surface area contributed by atoms with Crippen LogP contribution in [0, 0.1) is 0 Å². The Morgan fingerprint density at radius 2 is 2.00 bits per heavy atom. The van der Waals surface area contributed by atoms with Crippen LogP contribution in [-0.4, -0.2) is 48.1 Å². The van der Waals surface area contributed by atoms with Crippen LogP contribution in [0.1, 0.15) is 0 Å². The number of piperazine rings is 1. The third-order valence-corrected chi connectivity index (χ3v) is 4.09. The lowest BCUT2D eigenvalue weighted by Gasteiger charge is -2.34. The van der Waals surface area contributed by atoms with Gasteiger partial charge in [-0.1, -0.05) is 0 Å². The fraction of sp³-hybridized carbons (Fsp3) is 0.312. The van der Waals surface area contributed by atoms with E-state index in [0.29, 0.717) is 0 Å². The zero-order valence-corrected chi connectivity index (χ0v) is 12.0. The first-order valence-electron chi connectivity index (χ1n) is 7.27. The van der Waals surface area contributed by atoms with Crippen molar-refractivity contribution in [3.63, 3.8) is 0 Å². The topological polar surface area (TPSA) is 48.3 Å². The first-order chi connectivity index (χ1) is 10.3. The van der Waals surface area contributed by atoms with Crippen LogP contribution in [0.2, 0.25) is 0 Å². The molecule has 1 aliphatic heterocycles. The number of H-pyrrole nitrogens is 1. The van der Waals surface area contributed by atoms with E-state index in [1.807, 2.05) is 12.1 Å². The van der Waals surface area contributed by atoms with Crippen LogP contribution in [0.3, 0.4) is 0 Å². The normalized spacial score (nSPS) is 16.7. The molecule has 0 amide bonds. The summed E-state index contributed by atoms with van der Waals surface area (Å²) in [5.74, 6) is 1.55. The Hall–Kier alpha value is -2.27. The Bertz CT molecular complexity index is 739. The van der Waals surface area contributed by atoms with E-state index in [1.165, 1.54) is 5.69 Å². The number of aromatic amines is 1. The molecule has 1 N–H and O–H groups in total. The van der Waals surface area contributed by atoms with Crippen molar-refractivity contribution in [1.82, 2.24) is 14.9 Å². The maximum absolute atomic E-state index is 5.40. The van der Waals surface area contributed by atoms with Gasteiger partial charge < -0.3 is 19.2 Å². The highest BCUT2D eigenvalue weighted by atomic mass is 16.3. The zero-order valence-electron chi connectivity index (χ0n) is 12.0. The molecule has 5 heteroatoms. The highest BCUT2D eigenvalue weighted by Crippen LogP contribution is 2.25. The van der Waals surface area contributed by atoms with E-state index >= 15 is 0 Å². The number of furan rings is 1. The largest absolute Gasteiger partial charge is 0.461 e. The van der Waals surface area contributed by atoms with Gasteiger partial charge in [-0.25, -0.2) is 4.98 Å². The second kappa shape index (κ2) is 4.93. The molecule has 2 aromatic heterocycles. The van der Waals surface area contributed by atoms with Crippen LogP contribution in [0.25, 0.3) is 22.6 Å². The predicted molar refractivity (Wildman–Crippen MR) is 83.5 cm³/mol. The number of imidazole rings is 1. The Kier molecular flexibility index (Phi) is 2.93. The average Bonchev–Trinajstić information content (AvgIpc) is 3.16. The number of aromatic nitrogens is 2. The number of nitrogens with one attached hydrogen (secondary N) is 1. The van der Waals surface area contributed by atoms with Gasteiger partial charge in [-0.05, 0) is 37.4 Å². The van der Waals surface area contributed by atoms with Gasteiger partial charge in [-0.2, -0.15) is 0 Å². The second-order valence-corrected chi connectivity index (χ2v) is 5.55. The van der Waals surface area contributed by atoms with Crippen molar-refractivity contribution in [3.8, 4) is 11.6 Å². The van der Waals surface area contributed by atoms with Gasteiger partial charge in [-0.3, -0.25) is 0 Å². The lowest BCUT2D eigenvalue weighted by Crippen LogP contribution is -2.44. The second-order valence-electron chi connectivity index (χ2n) is 5.55. The van der Waals surface area contributed by atoms with E-state index in [9.17, 15) is 0 Å². The summed E-state index contributed by atoms with van der Waals surface area (Å²) in [7, 11) is 2.17. The maximum atomic E-state index is 5.40.